The number of amides is 2. The van der Waals surface area contributed by atoms with E-state index in [0.29, 0.717) is 44.8 Å². The lowest BCUT2D eigenvalue weighted by molar-refractivity contribution is -0.115. The molecular formula is C24H21ClN4O4. The summed E-state index contributed by atoms with van der Waals surface area (Å²) >= 11 is 6.00. The van der Waals surface area contributed by atoms with Crippen LogP contribution in [-0.2, 0) is 11.2 Å². The third-order valence-electron chi connectivity index (χ3n) is 4.89. The van der Waals surface area contributed by atoms with E-state index in [1.165, 1.54) is 14.2 Å². The van der Waals surface area contributed by atoms with E-state index in [1.807, 2.05) is 6.07 Å². The third-order valence-corrected chi connectivity index (χ3v) is 5.11. The molecule has 8 nitrogen and oxygen atoms in total. The van der Waals surface area contributed by atoms with Crippen molar-refractivity contribution in [2.75, 3.05) is 24.9 Å². The normalized spacial score (nSPS) is 10.6. The van der Waals surface area contributed by atoms with Gasteiger partial charge < -0.3 is 24.5 Å². The summed E-state index contributed by atoms with van der Waals surface area (Å²) in [5.41, 5.74) is 2.61. The van der Waals surface area contributed by atoms with Gasteiger partial charge in [-0.15, -0.1) is 0 Å². The number of imidazole rings is 1. The molecule has 0 atom stereocenters. The monoisotopic (exact) mass is 464 g/mol. The molecule has 2 amide bonds. The molecule has 4 rings (SSSR count). The molecule has 0 saturated carbocycles. The number of halogens is 1. The molecule has 9 heteroatoms. The lowest BCUT2D eigenvalue weighted by atomic mass is 10.2. The maximum absolute atomic E-state index is 12.7. The molecule has 2 aromatic heterocycles. The molecule has 2 aromatic carbocycles. The number of carbonyl (C=O) groups is 2. The smallest absolute Gasteiger partial charge is 0.255 e. The molecule has 0 bridgehead atoms. The van der Waals surface area contributed by atoms with Crippen molar-refractivity contribution in [2.24, 2.45) is 0 Å². The first-order chi connectivity index (χ1) is 16.0. The highest BCUT2D eigenvalue weighted by Gasteiger charge is 2.17. The Labute approximate surface area is 195 Å². The minimum Gasteiger partial charge on any atom is -0.494 e. The number of nitrogens with zero attached hydrogens (tertiary/aromatic N) is 2. The van der Waals surface area contributed by atoms with Crippen LogP contribution in [0.25, 0.3) is 5.65 Å². The second-order valence-electron chi connectivity index (χ2n) is 7.14. The molecule has 0 aliphatic heterocycles. The highest BCUT2D eigenvalue weighted by Crippen LogP contribution is 2.36. The van der Waals surface area contributed by atoms with Crippen molar-refractivity contribution in [3.05, 3.63) is 83.3 Å². The maximum atomic E-state index is 12.7. The van der Waals surface area contributed by atoms with Gasteiger partial charge in [0.25, 0.3) is 5.91 Å². The fourth-order valence-electron chi connectivity index (χ4n) is 3.34. The van der Waals surface area contributed by atoms with Crippen molar-refractivity contribution >= 4 is 40.4 Å². The Morgan fingerprint density at radius 1 is 0.939 bits per heavy atom. The van der Waals surface area contributed by atoms with Crippen LogP contribution in [0.5, 0.6) is 11.5 Å². The fourth-order valence-corrected chi connectivity index (χ4v) is 3.51. The number of methoxy groups -OCH3 is 2. The number of hydrogen-bond donors (Lipinski definition) is 2. The summed E-state index contributed by atoms with van der Waals surface area (Å²) in [6.45, 7) is 0. The molecule has 0 radical (unpaired) electrons. The first-order valence-electron chi connectivity index (χ1n) is 10.0. The Kier molecular flexibility index (Phi) is 6.46. The van der Waals surface area contributed by atoms with Crippen LogP contribution in [0.1, 0.15) is 16.1 Å². The van der Waals surface area contributed by atoms with Gasteiger partial charge in [-0.1, -0.05) is 29.8 Å². The summed E-state index contributed by atoms with van der Waals surface area (Å²) in [6, 6.07) is 15.5. The second kappa shape index (κ2) is 9.62. The van der Waals surface area contributed by atoms with Gasteiger partial charge in [-0.2, -0.15) is 0 Å². The van der Waals surface area contributed by atoms with E-state index in [-0.39, 0.29) is 18.2 Å². The van der Waals surface area contributed by atoms with Gasteiger partial charge in [0, 0.05) is 30.1 Å². The fraction of sp³-hybridized carbons (Fsp3) is 0.125. The SMILES string of the molecule is COc1cc(NC(=O)c2ccccc2)c(OC)cc1NC(=O)Cc1cn2cc(Cl)ccc2n1. The Morgan fingerprint density at radius 2 is 1.61 bits per heavy atom. The van der Waals surface area contributed by atoms with Crippen LogP contribution in [0.4, 0.5) is 11.4 Å². The van der Waals surface area contributed by atoms with E-state index >= 15 is 0 Å². The average Bonchev–Trinajstić information content (AvgIpc) is 3.21. The molecule has 0 fully saturated rings. The van der Waals surface area contributed by atoms with Crippen LogP contribution in [0.2, 0.25) is 5.02 Å². The summed E-state index contributed by atoms with van der Waals surface area (Å²) in [5, 5.41) is 6.21. The van der Waals surface area contributed by atoms with Gasteiger partial charge in [0.2, 0.25) is 5.91 Å². The maximum Gasteiger partial charge on any atom is 0.255 e. The number of benzene rings is 2. The van der Waals surface area contributed by atoms with Gasteiger partial charge in [-0.05, 0) is 24.3 Å². The topological polar surface area (TPSA) is 94.0 Å². The first kappa shape index (κ1) is 22.2. The number of aromatic nitrogens is 2. The summed E-state index contributed by atoms with van der Waals surface area (Å²) in [5.74, 6) is 0.165. The predicted molar refractivity (Wildman–Crippen MR) is 126 cm³/mol. The number of fused-ring (bicyclic) bond motifs is 1. The largest absolute Gasteiger partial charge is 0.494 e. The molecule has 0 aliphatic rings. The van der Waals surface area contributed by atoms with Gasteiger partial charge in [0.05, 0.1) is 42.7 Å². The summed E-state index contributed by atoms with van der Waals surface area (Å²) in [4.78, 5) is 29.7. The number of nitrogens with one attached hydrogen (secondary N) is 2. The number of rotatable bonds is 7. The van der Waals surface area contributed by atoms with Crippen LogP contribution >= 0.6 is 11.6 Å². The zero-order valence-electron chi connectivity index (χ0n) is 18.0. The van der Waals surface area contributed by atoms with Crippen molar-refractivity contribution in [2.45, 2.75) is 6.42 Å². The molecule has 0 spiro atoms. The first-order valence-corrected chi connectivity index (χ1v) is 10.4. The Bertz CT molecular complexity index is 1320. The van der Waals surface area contributed by atoms with Crippen LogP contribution in [-0.4, -0.2) is 35.4 Å². The lowest BCUT2D eigenvalue weighted by Gasteiger charge is -2.16. The molecule has 0 saturated heterocycles. The average molecular weight is 465 g/mol. The van der Waals surface area contributed by atoms with E-state index in [4.69, 9.17) is 21.1 Å². The minimum atomic E-state index is -0.292. The summed E-state index contributed by atoms with van der Waals surface area (Å²) < 4.78 is 12.6. The zero-order valence-corrected chi connectivity index (χ0v) is 18.7. The molecular weight excluding hydrogens is 444 g/mol. The predicted octanol–water partition coefficient (Wildman–Crippen LogP) is 4.44. The van der Waals surface area contributed by atoms with E-state index in [0.717, 1.165) is 0 Å². The number of anilines is 2. The lowest BCUT2D eigenvalue weighted by Crippen LogP contribution is -2.16. The van der Waals surface area contributed by atoms with E-state index < -0.39 is 0 Å². The summed E-state index contributed by atoms with van der Waals surface area (Å²) in [6.07, 6.45) is 3.53. The molecule has 2 heterocycles. The van der Waals surface area contributed by atoms with Gasteiger partial charge in [-0.3, -0.25) is 9.59 Å². The Hall–Kier alpha value is -4.04. The van der Waals surface area contributed by atoms with Crippen molar-refractivity contribution < 1.29 is 19.1 Å². The van der Waals surface area contributed by atoms with Gasteiger partial charge >= 0.3 is 0 Å². The molecule has 33 heavy (non-hydrogen) atoms. The van der Waals surface area contributed by atoms with Crippen LogP contribution < -0.4 is 20.1 Å². The second-order valence-corrected chi connectivity index (χ2v) is 7.58. The quantitative estimate of drug-likeness (QED) is 0.421. The molecule has 0 unspecified atom stereocenters. The van der Waals surface area contributed by atoms with Gasteiger partial charge in [0.1, 0.15) is 17.1 Å². The van der Waals surface area contributed by atoms with Crippen molar-refractivity contribution in [3.63, 3.8) is 0 Å². The van der Waals surface area contributed by atoms with Crippen LogP contribution in [0, 0.1) is 0 Å². The van der Waals surface area contributed by atoms with E-state index in [2.05, 4.69) is 15.6 Å². The van der Waals surface area contributed by atoms with E-state index in [1.54, 1.807) is 65.3 Å². The molecule has 0 aliphatic carbocycles. The Morgan fingerprint density at radius 3 is 2.27 bits per heavy atom. The van der Waals surface area contributed by atoms with Crippen molar-refractivity contribution in [3.8, 4) is 11.5 Å². The van der Waals surface area contributed by atoms with Gasteiger partial charge in [-0.25, -0.2) is 4.98 Å². The summed E-state index contributed by atoms with van der Waals surface area (Å²) in [7, 11) is 2.96. The third kappa shape index (κ3) is 5.07. The highest BCUT2D eigenvalue weighted by atomic mass is 35.5. The molecule has 168 valence electrons. The molecule has 4 aromatic rings. The van der Waals surface area contributed by atoms with Crippen molar-refractivity contribution in [1.29, 1.82) is 0 Å². The van der Waals surface area contributed by atoms with Gasteiger partial charge in [0.15, 0.2) is 0 Å². The van der Waals surface area contributed by atoms with Crippen LogP contribution in [0.15, 0.2) is 67.0 Å². The highest BCUT2D eigenvalue weighted by molar-refractivity contribution is 6.30. The Balaban J connectivity index is 1.52. The van der Waals surface area contributed by atoms with E-state index in [9.17, 15) is 9.59 Å². The number of hydrogen-bond acceptors (Lipinski definition) is 5. The standard InChI is InChI=1S/C24H21ClN4O4/c1-32-20-12-19(28-24(31)15-6-4-3-5-7-15)21(33-2)11-18(20)27-23(30)10-17-14-29-13-16(25)8-9-22(29)26-17/h3-9,11-14H,10H2,1-2H3,(H,27,30)(H,28,31). The number of ether oxygens (including phenoxy) is 2. The number of carbonyl (C=O) groups excluding carboxylic acids is 2. The minimum absolute atomic E-state index is 0.0528. The van der Waals surface area contributed by atoms with Crippen LogP contribution in [0.3, 0.4) is 0 Å². The number of pyridine rings is 1. The zero-order chi connectivity index (χ0) is 23.4. The molecule has 2 N–H and O–H groups in total. The van der Waals surface area contributed by atoms with Crippen molar-refractivity contribution in [1.82, 2.24) is 9.38 Å².